The van der Waals surface area contributed by atoms with Gasteiger partial charge in [-0.25, -0.2) is 14.8 Å². The number of amides is 2. The molecule has 0 radical (unpaired) electrons. The van der Waals surface area contributed by atoms with Crippen LogP contribution in [0.1, 0.15) is 6.42 Å². The molecule has 1 aliphatic rings. The summed E-state index contributed by atoms with van der Waals surface area (Å²) < 4.78 is 39.2. The average Bonchev–Trinajstić information content (AvgIpc) is 2.38. The molecule has 2 rings (SSSR count). The molecular weight excluding hydrogens is 275 g/mol. The zero-order valence-corrected chi connectivity index (χ0v) is 10.5. The van der Waals surface area contributed by atoms with Crippen molar-refractivity contribution in [1.82, 2.24) is 15.3 Å². The number of hydrogen-bond donors (Lipinski definition) is 2. The van der Waals surface area contributed by atoms with Crippen molar-refractivity contribution in [1.29, 1.82) is 0 Å². The highest BCUT2D eigenvalue weighted by Crippen LogP contribution is 2.34. The van der Waals surface area contributed by atoms with Crippen molar-refractivity contribution in [2.45, 2.75) is 18.6 Å². The Hall–Kier alpha value is -2.06. The van der Waals surface area contributed by atoms with Crippen molar-refractivity contribution in [2.24, 2.45) is 11.7 Å². The van der Waals surface area contributed by atoms with E-state index in [1.807, 2.05) is 0 Å². The van der Waals surface area contributed by atoms with Gasteiger partial charge < -0.3 is 16.0 Å². The summed E-state index contributed by atoms with van der Waals surface area (Å²) in [4.78, 5) is 20.1. The molecule has 0 aromatic carbocycles. The zero-order chi connectivity index (χ0) is 14.8. The van der Waals surface area contributed by atoms with Gasteiger partial charge in [0.1, 0.15) is 0 Å². The van der Waals surface area contributed by atoms with Gasteiger partial charge >= 0.3 is 12.2 Å². The Morgan fingerprint density at radius 3 is 2.60 bits per heavy atom. The number of nitrogens with two attached hydrogens (primary N) is 1. The molecule has 0 spiro atoms. The van der Waals surface area contributed by atoms with E-state index in [0.717, 1.165) is 0 Å². The first kappa shape index (κ1) is 14.4. The molecule has 0 saturated carbocycles. The minimum absolute atomic E-state index is 0.130. The van der Waals surface area contributed by atoms with E-state index in [2.05, 4.69) is 15.3 Å². The fourth-order valence-electron chi connectivity index (χ4n) is 2.28. The lowest BCUT2D eigenvalue weighted by molar-refractivity contribution is -0.181. The molecule has 20 heavy (non-hydrogen) atoms. The molecule has 0 bridgehead atoms. The molecule has 0 aliphatic carbocycles. The molecule has 6 nitrogen and oxygen atoms in total. The molecule has 2 unspecified atom stereocenters. The van der Waals surface area contributed by atoms with Gasteiger partial charge in [0.05, 0.1) is 5.92 Å². The SMILES string of the molecule is NC(=O)NC1CCN(c2ncccn2)CC1C(F)(F)F. The fraction of sp³-hybridized carbons (Fsp3) is 0.545. The van der Waals surface area contributed by atoms with Crippen molar-refractivity contribution in [3.05, 3.63) is 18.5 Å². The minimum atomic E-state index is -4.43. The largest absolute Gasteiger partial charge is 0.395 e. The lowest BCUT2D eigenvalue weighted by atomic mass is 9.91. The number of nitrogens with one attached hydrogen (secondary N) is 1. The van der Waals surface area contributed by atoms with Crippen molar-refractivity contribution in [3.8, 4) is 0 Å². The van der Waals surface area contributed by atoms with Crippen LogP contribution in [-0.4, -0.2) is 41.3 Å². The Labute approximate surface area is 113 Å². The number of halogens is 3. The van der Waals surface area contributed by atoms with Gasteiger partial charge in [0.15, 0.2) is 0 Å². The van der Waals surface area contributed by atoms with Gasteiger partial charge in [-0.15, -0.1) is 0 Å². The van der Waals surface area contributed by atoms with Crippen LogP contribution < -0.4 is 16.0 Å². The second-order valence-corrected chi connectivity index (χ2v) is 4.55. The molecular formula is C11H14F3N5O. The number of carbonyl (C=O) groups excluding carboxylic acids is 1. The third-order valence-electron chi connectivity index (χ3n) is 3.20. The van der Waals surface area contributed by atoms with Crippen LogP contribution in [0.5, 0.6) is 0 Å². The number of alkyl halides is 3. The summed E-state index contributed by atoms with van der Waals surface area (Å²) in [5.41, 5.74) is 4.92. The number of rotatable bonds is 2. The van der Waals surface area contributed by atoms with Gasteiger partial charge in [-0.3, -0.25) is 0 Å². The highest BCUT2D eigenvalue weighted by molar-refractivity contribution is 5.72. The molecule has 110 valence electrons. The number of piperidine rings is 1. The second-order valence-electron chi connectivity index (χ2n) is 4.55. The maximum absolute atomic E-state index is 13.1. The molecule has 2 atom stereocenters. The topological polar surface area (TPSA) is 84.1 Å². The molecule has 1 saturated heterocycles. The van der Waals surface area contributed by atoms with E-state index >= 15 is 0 Å². The third kappa shape index (κ3) is 3.28. The second kappa shape index (κ2) is 5.51. The normalized spacial score (nSPS) is 23.4. The van der Waals surface area contributed by atoms with Crippen LogP contribution in [0.4, 0.5) is 23.9 Å². The molecule has 1 aromatic rings. The summed E-state index contributed by atoms with van der Waals surface area (Å²) in [5.74, 6) is -1.45. The summed E-state index contributed by atoms with van der Waals surface area (Å²) in [6.07, 6.45) is -1.36. The lowest BCUT2D eigenvalue weighted by Gasteiger charge is -2.39. The van der Waals surface area contributed by atoms with Crippen molar-refractivity contribution in [3.63, 3.8) is 0 Å². The van der Waals surface area contributed by atoms with E-state index in [-0.39, 0.29) is 18.9 Å². The van der Waals surface area contributed by atoms with Gasteiger partial charge in [-0.05, 0) is 12.5 Å². The number of aromatic nitrogens is 2. The van der Waals surface area contributed by atoms with Crippen LogP contribution in [0.3, 0.4) is 0 Å². The number of hydrogen-bond acceptors (Lipinski definition) is 4. The van der Waals surface area contributed by atoms with Gasteiger partial charge in [-0.1, -0.05) is 0 Å². The Morgan fingerprint density at radius 2 is 2.05 bits per heavy atom. The maximum Gasteiger partial charge on any atom is 0.395 e. The Morgan fingerprint density at radius 1 is 1.40 bits per heavy atom. The predicted molar refractivity (Wildman–Crippen MR) is 64.9 cm³/mol. The number of carbonyl (C=O) groups is 1. The number of urea groups is 1. The fourth-order valence-corrected chi connectivity index (χ4v) is 2.28. The predicted octanol–water partition coefficient (Wildman–Crippen LogP) is 0.902. The third-order valence-corrected chi connectivity index (χ3v) is 3.20. The van der Waals surface area contributed by atoms with Gasteiger partial charge in [0.25, 0.3) is 0 Å². The van der Waals surface area contributed by atoms with Crippen LogP contribution >= 0.6 is 0 Å². The zero-order valence-electron chi connectivity index (χ0n) is 10.5. The van der Waals surface area contributed by atoms with Gasteiger partial charge in [0.2, 0.25) is 5.95 Å². The standard InChI is InChI=1S/C11H14F3N5O/c12-11(13,14)7-6-19(10-16-3-1-4-17-10)5-2-8(7)18-9(15)20/h1,3-4,7-8H,2,5-6H2,(H3,15,18,20). The Balaban J connectivity index is 2.15. The van der Waals surface area contributed by atoms with Crippen LogP contribution in [0, 0.1) is 5.92 Å². The average molecular weight is 289 g/mol. The van der Waals surface area contributed by atoms with E-state index in [4.69, 9.17) is 5.73 Å². The van der Waals surface area contributed by atoms with Crippen LogP contribution in [0.2, 0.25) is 0 Å². The Bertz CT molecular complexity index is 467. The molecule has 1 aromatic heterocycles. The maximum atomic E-state index is 13.1. The summed E-state index contributed by atoms with van der Waals surface area (Å²) in [7, 11) is 0. The van der Waals surface area contributed by atoms with Crippen LogP contribution in [0.25, 0.3) is 0 Å². The molecule has 2 amide bonds. The molecule has 9 heteroatoms. The van der Waals surface area contributed by atoms with E-state index in [1.54, 1.807) is 6.07 Å². The summed E-state index contributed by atoms with van der Waals surface area (Å²) in [6, 6.07) is -0.382. The van der Waals surface area contributed by atoms with Crippen LogP contribution in [0.15, 0.2) is 18.5 Å². The summed E-state index contributed by atoms with van der Waals surface area (Å²) in [6.45, 7) is 0.0139. The Kier molecular flexibility index (Phi) is 3.96. The molecule has 1 aliphatic heterocycles. The highest BCUT2D eigenvalue weighted by atomic mass is 19.4. The van der Waals surface area contributed by atoms with Gasteiger partial charge in [-0.2, -0.15) is 13.2 Å². The molecule has 3 N–H and O–H groups in total. The van der Waals surface area contributed by atoms with Gasteiger partial charge in [0, 0.05) is 31.5 Å². The quantitative estimate of drug-likeness (QED) is 0.847. The van der Waals surface area contributed by atoms with Crippen molar-refractivity contribution in [2.75, 3.05) is 18.0 Å². The highest BCUT2D eigenvalue weighted by Gasteiger charge is 2.48. The monoisotopic (exact) mass is 289 g/mol. The van der Waals surface area contributed by atoms with E-state index in [0.29, 0.717) is 6.54 Å². The smallest absolute Gasteiger partial charge is 0.352 e. The summed E-state index contributed by atoms with van der Waals surface area (Å²) >= 11 is 0. The van der Waals surface area contributed by atoms with E-state index in [9.17, 15) is 18.0 Å². The van der Waals surface area contributed by atoms with Crippen molar-refractivity contribution >= 4 is 12.0 Å². The number of nitrogens with zero attached hydrogens (tertiary/aromatic N) is 3. The van der Waals surface area contributed by atoms with Crippen molar-refractivity contribution < 1.29 is 18.0 Å². The first-order valence-electron chi connectivity index (χ1n) is 6.02. The number of primary amides is 1. The number of anilines is 1. The lowest BCUT2D eigenvalue weighted by Crippen LogP contribution is -2.57. The minimum Gasteiger partial charge on any atom is -0.352 e. The molecule has 1 fully saturated rings. The molecule has 2 heterocycles. The first-order chi connectivity index (χ1) is 9.38. The van der Waals surface area contributed by atoms with Crippen LogP contribution in [-0.2, 0) is 0 Å². The van der Waals surface area contributed by atoms with E-state index < -0.39 is 24.2 Å². The summed E-state index contributed by atoms with van der Waals surface area (Å²) in [5, 5.41) is 2.16. The first-order valence-corrected chi connectivity index (χ1v) is 6.02. The van der Waals surface area contributed by atoms with E-state index in [1.165, 1.54) is 17.3 Å².